The van der Waals surface area contributed by atoms with E-state index in [0.717, 1.165) is 31.5 Å². The van der Waals surface area contributed by atoms with Crippen LogP contribution in [0.4, 0.5) is 5.69 Å². The maximum atomic E-state index is 12.4. The van der Waals surface area contributed by atoms with Gasteiger partial charge in [-0.1, -0.05) is 22.9 Å². The number of benzene rings is 2. The van der Waals surface area contributed by atoms with Crippen LogP contribution in [0.1, 0.15) is 22.8 Å². The molecule has 0 radical (unpaired) electrons. The molecule has 2 rings (SSSR count). The van der Waals surface area contributed by atoms with Crippen molar-refractivity contribution >= 4 is 56.1 Å². The van der Waals surface area contributed by atoms with Crippen LogP contribution in [-0.4, -0.2) is 5.91 Å². The molecule has 0 bridgehead atoms. The number of halogens is 2. The molecule has 104 valence electrons. The molecule has 0 aliphatic heterocycles. The monoisotopic (exact) mass is 413 g/mol. The lowest BCUT2D eigenvalue weighted by atomic mass is 10.1. The van der Waals surface area contributed by atoms with Gasteiger partial charge in [0.15, 0.2) is 0 Å². The van der Waals surface area contributed by atoms with Gasteiger partial charge in [0.1, 0.15) is 0 Å². The SMILES string of the molecule is CCc1cc(Br)ccc1NC(=O)c1cc(S)ccc1Br. The predicted molar refractivity (Wildman–Crippen MR) is 92.9 cm³/mol. The van der Waals surface area contributed by atoms with Gasteiger partial charge in [0.25, 0.3) is 5.91 Å². The first-order valence-corrected chi connectivity index (χ1v) is 8.13. The van der Waals surface area contributed by atoms with Crippen molar-refractivity contribution in [2.45, 2.75) is 18.2 Å². The molecule has 0 spiro atoms. The van der Waals surface area contributed by atoms with Crippen LogP contribution in [0.15, 0.2) is 50.2 Å². The molecule has 1 N–H and O–H groups in total. The standard InChI is InChI=1S/C15H13Br2NOS/c1-2-9-7-10(16)3-6-14(9)18-15(19)12-8-11(20)4-5-13(12)17/h3-8,20H,2H2,1H3,(H,18,19). The largest absolute Gasteiger partial charge is 0.322 e. The molecule has 2 aromatic carbocycles. The molecule has 0 unspecified atom stereocenters. The first-order chi connectivity index (χ1) is 9.51. The molecule has 20 heavy (non-hydrogen) atoms. The van der Waals surface area contributed by atoms with Crippen molar-refractivity contribution in [2.75, 3.05) is 5.32 Å². The highest BCUT2D eigenvalue weighted by molar-refractivity contribution is 9.10. The Hall–Kier alpha value is -0.780. The third-order valence-corrected chi connectivity index (χ3v) is 4.35. The van der Waals surface area contributed by atoms with Crippen molar-refractivity contribution in [2.24, 2.45) is 0 Å². The number of rotatable bonds is 3. The molecule has 0 fully saturated rings. The number of amides is 1. The molecule has 2 aromatic rings. The molecular formula is C15H13Br2NOS. The van der Waals surface area contributed by atoms with Gasteiger partial charge in [-0.2, -0.15) is 0 Å². The molecule has 0 aliphatic rings. The predicted octanol–water partition coefficient (Wildman–Crippen LogP) is 5.32. The van der Waals surface area contributed by atoms with Gasteiger partial charge in [-0.25, -0.2) is 0 Å². The number of nitrogens with one attached hydrogen (secondary N) is 1. The number of hydrogen-bond donors (Lipinski definition) is 2. The second kappa shape index (κ2) is 6.78. The molecule has 2 nitrogen and oxygen atoms in total. The van der Waals surface area contributed by atoms with E-state index in [1.807, 2.05) is 30.3 Å². The average molecular weight is 415 g/mol. The summed E-state index contributed by atoms with van der Waals surface area (Å²) in [5.41, 5.74) is 2.49. The topological polar surface area (TPSA) is 29.1 Å². The second-order valence-corrected chi connectivity index (χ2v) is 6.56. The zero-order valence-corrected chi connectivity index (χ0v) is 14.8. The fraction of sp³-hybridized carbons (Fsp3) is 0.133. The van der Waals surface area contributed by atoms with Crippen molar-refractivity contribution in [3.8, 4) is 0 Å². The zero-order chi connectivity index (χ0) is 14.7. The lowest BCUT2D eigenvalue weighted by Gasteiger charge is -2.11. The van der Waals surface area contributed by atoms with Gasteiger partial charge in [0, 0.05) is 19.5 Å². The summed E-state index contributed by atoms with van der Waals surface area (Å²) in [7, 11) is 0. The Morgan fingerprint density at radius 1 is 1.20 bits per heavy atom. The highest BCUT2D eigenvalue weighted by atomic mass is 79.9. The Morgan fingerprint density at radius 3 is 2.65 bits per heavy atom. The molecule has 0 atom stereocenters. The lowest BCUT2D eigenvalue weighted by Crippen LogP contribution is -2.14. The maximum Gasteiger partial charge on any atom is 0.256 e. The smallest absolute Gasteiger partial charge is 0.256 e. The van der Waals surface area contributed by atoms with Crippen LogP contribution in [0.5, 0.6) is 0 Å². The summed E-state index contributed by atoms with van der Waals surface area (Å²) in [6.45, 7) is 2.06. The van der Waals surface area contributed by atoms with Crippen LogP contribution in [0.2, 0.25) is 0 Å². The highest BCUT2D eigenvalue weighted by Gasteiger charge is 2.12. The summed E-state index contributed by atoms with van der Waals surface area (Å²) in [5.74, 6) is -0.148. The van der Waals surface area contributed by atoms with E-state index in [1.54, 1.807) is 6.07 Å². The van der Waals surface area contributed by atoms with E-state index < -0.39 is 0 Å². The van der Waals surface area contributed by atoms with Crippen molar-refractivity contribution < 1.29 is 4.79 Å². The van der Waals surface area contributed by atoms with Crippen LogP contribution < -0.4 is 5.32 Å². The summed E-state index contributed by atoms with van der Waals surface area (Å²) in [4.78, 5) is 13.1. The number of hydrogen-bond acceptors (Lipinski definition) is 2. The van der Waals surface area contributed by atoms with Gasteiger partial charge >= 0.3 is 0 Å². The normalized spacial score (nSPS) is 10.4. The van der Waals surface area contributed by atoms with E-state index in [4.69, 9.17) is 0 Å². The first-order valence-electron chi connectivity index (χ1n) is 6.09. The first kappa shape index (κ1) is 15.6. The average Bonchev–Trinajstić information content (AvgIpc) is 2.43. The summed E-state index contributed by atoms with van der Waals surface area (Å²) >= 11 is 11.1. The van der Waals surface area contributed by atoms with Gasteiger partial charge in [0.2, 0.25) is 0 Å². The lowest BCUT2D eigenvalue weighted by molar-refractivity contribution is 0.102. The number of carbonyl (C=O) groups excluding carboxylic acids is 1. The van der Waals surface area contributed by atoms with E-state index in [1.165, 1.54) is 0 Å². The number of thiol groups is 1. The Labute approximate surface area is 140 Å². The van der Waals surface area contributed by atoms with Crippen molar-refractivity contribution in [1.29, 1.82) is 0 Å². The van der Waals surface area contributed by atoms with Crippen molar-refractivity contribution in [3.05, 3.63) is 56.5 Å². The van der Waals surface area contributed by atoms with Gasteiger partial charge in [0.05, 0.1) is 5.56 Å². The van der Waals surface area contributed by atoms with E-state index in [2.05, 4.69) is 56.7 Å². The van der Waals surface area contributed by atoms with Crippen molar-refractivity contribution in [3.63, 3.8) is 0 Å². The van der Waals surface area contributed by atoms with E-state index in [-0.39, 0.29) is 5.91 Å². The highest BCUT2D eigenvalue weighted by Crippen LogP contribution is 2.25. The van der Waals surface area contributed by atoms with E-state index >= 15 is 0 Å². The Kier molecular flexibility index (Phi) is 5.29. The van der Waals surface area contributed by atoms with Gasteiger partial charge in [-0.15, -0.1) is 12.6 Å². The van der Waals surface area contributed by atoms with Crippen LogP contribution in [0.3, 0.4) is 0 Å². The van der Waals surface area contributed by atoms with Crippen LogP contribution in [0.25, 0.3) is 0 Å². The molecule has 0 saturated heterocycles. The zero-order valence-electron chi connectivity index (χ0n) is 10.8. The fourth-order valence-electron chi connectivity index (χ4n) is 1.85. The Balaban J connectivity index is 2.30. The third-order valence-electron chi connectivity index (χ3n) is 2.89. The van der Waals surface area contributed by atoms with Crippen LogP contribution >= 0.6 is 44.5 Å². The number of anilines is 1. The van der Waals surface area contributed by atoms with Crippen LogP contribution in [0, 0.1) is 0 Å². The minimum atomic E-state index is -0.148. The van der Waals surface area contributed by atoms with Crippen LogP contribution in [-0.2, 0) is 6.42 Å². The fourth-order valence-corrected chi connectivity index (χ4v) is 2.89. The minimum absolute atomic E-state index is 0.148. The summed E-state index contributed by atoms with van der Waals surface area (Å²) in [5, 5.41) is 2.95. The minimum Gasteiger partial charge on any atom is -0.322 e. The molecular weight excluding hydrogens is 402 g/mol. The summed E-state index contributed by atoms with van der Waals surface area (Å²) in [6.07, 6.45) is 0.850. The summed E-state index contributed by atoms with van der Waals surface area (Å²) in [6, 6.07) is 11.2. The van der Waals surface area contributed by atoms with Crippen molar-refractivity contribution in [1.82, 2.24) is 0 Å². The summed E-state index contributed by atoms with van der Waals surface area (Å²) < 4.78 is 1.76. The maximum absolute atomic E-state index is 12.4. The molecule has 5 heteroatoms. The third kappa shape index (κ3) is 3.65. The number of carbonyl (C=O) groups is 1. The van der Waals surface area contributed by atoms with Gasteiger partial charge < -0.3 is 5.32 Å². The number of aryl methyl sites for hydroxylation is 1. The molecule has 0 aliphatic carbocycles. The molecule has 0 saturated carbocycles. The second-order valence-electron chi connectivity index (χ2n) is 4.27. The quantitative estimate of drug-likeness (QED) is 0.654. The van der Waals surface area contributed by atoms with E-state index in [0.29, 0.717) is 5.56 Å². The molecule has 0 aromatic heterocycles. The van der Waals surface area contributed by atoms with Gasteiger partial charge in [-0.3, -0.25) is 4.79 Å². The van der Waals surface area contributed by atoms with E-state index in [9.17, 15) is 4.79 Å². The molecule has 0 heterocycles. The molecule has 1 amide bonds. The Bertz CT molecular complexity index is 658. The van der Waals surface area contributed by atoms with Gasteiger partial charge in [-0.05, 0) is 64.3 Å². The Morgan fingerprint density at radius 2 is 1.95 bits per heavy atom.